The van der Waals surface area contributed by atoms with Crippen LogP contribution >= 0.6 is 0 Å². The monoisotopic (exact) mass is 481 g/mol. The first-order valence-corrected chi connectivity index (χ1v) is 12.7. The van der Waals surface area contributed by atoms with Gasteiger partial charge in [-0.15, -0.1) is 0 Å². The number of nitrogens with zero attached hydrogens (tertiary/aromatic N) is 4. The molecule has 0 atom stereocenters. The van der Waals surface area contributed by atoms with Crippen molar-refractivity contribution in [2.75, 3.05) is 31.5 Å². The van der Waals surface area contributed by atoms with Gasteiger partial charge in [-0.05, 0) is 23.8 Å². The van der Waals surface area contributed by atoms with E-state index in [4.69, 9.17) is 0 Å². The van der Waals surface area contributed by atoms with E-state index in [0.717, 1.165) is 5.56 Å². The highest BCUT2D eigenvalue weighted by Gasteiger charge is 2.29. The number of imidazole rings is 1. The molecule has 34 heavy (non-hydrogen) atoms. The van der Waals surface area contributed by atoms with Crippen LogP contribution in [0.3, 0.4) is 0 Å². The second kappa shape index (κ2) is 10.6. The van der Waals surface area contributed by atoms with Crippen LogP contribution in [0.15, 0.2) is 73.3 Å². The summed E-state index contributed by atoms with van der Waals surface area (Å²) in [6, 6.07) is 15.9. The second-order valence-corrected chi connectivity index (χ2v) is 10.1. The van der Waals surface area contributed by atoms with E-state index in [1.165, 1.54) is 4.31 Å². The molecule has 1 aromatic heterocycles. The molecular formula is C24H27N5O4S. The normalized spacial score (nSPS) is 14.6. The molecule has 0 unspecified atom stereocenters. The maximum Gasteiger partial charge on any atom is 0.254 e. The summed E-state index contributed by atoms with van der Waals surface area (Å²) >= 11 is 0. The lowest BCUT2D eigenvalue weighted by atomic mass is 10.1. The first-order chi connectivity index (χ1) is 16.4. The standard InChI is InChI=1S/C24H27N5O4S/c30-23(9-11-27-12-10-25-19-27)26-22-8-4-7-21(17-22)24(31)28-13-15-29(16-14-28)34(32,33)18-20-5-2-1-3-6-20/h1-8,10,12,17,19H,9,11,13-16,18H2,(H,26,30). The molecule has 1 aliphatic rings. The van der Waals surface area contributed by atoms with E-state index < -0.39 is 10.0 Å². The van der Waals surface area contributed by atoms with Gasteiger partial charge < -0.3 is 14.8 Å². The zero-order valence-electron chi connectivity index (χ0n) is 18.7. The van der Waals surface area contributed by atoms with Crippen molar-refractivity contribution in [2.45, 2.75) is 18.7 Å². The quantitative estimate of drug-likeness (QED) is 0.531. The van der Waals surface area contributed by atoms with Crippen LogP contribution in [0.5, 0.6) is 0 Å². The van der Waals surface area contributed by atoms with Crippen molar-refractivity contribution in [3.63, 3.8) is 0 Å². The highest BCUT2D eigenvalue weighted by molar-refractivity contribution is 7.88. The molecule has 0 aliphatic carbocycles. The van der Waals surface area contributed by atoms with Gasteiger partial charge in [-0.1, -0.05) is 36.4 Å². The van der Waals surface area contributed by atoms with Gasteiger partial charge in [0.25, 0.3) is 5.91 Å². The third-order valence-corrected chi connectivity index (χ3v) is 7.51. The van der Waals surface area contributed by atoms with Gasteiger partial charge in [0.15, 0.2) is 0 Å². The lowest BCUT2D eigenvalue weighted by molar-refractivity contribution is -0.116. The summed E-state index contributed by atoms with van der Waals surface area (Å²) in [7, 11) is -3.45. The van der Waals surface area contributed by atoms with Gasteiger partial charge in [-0.3, -0.25) is 9.59 Å². The Labute approximate surface area is 199 Å². The number of aryl methyl sites for hydroxylation is 1. The molecule has 0 radical (unpaired) electrons. The number of carbonyl (C=O) groups is 2. The molecule has 2 amide bonds. The lowest BCUT2D eigenvalue weighted by Crippen LogP contribution is -2.50. The number of benzene rings is 2. The fourth-order valence-electron chi connectivity index (χ4n) is 3.83. The molecule has 1 saturated heterocycles. The van der Waals surface area contributed by atoms with E-state index in [9.17, 15) is 18.0 Å². The first-order valence-electron chi connectivity index (χ1n) is 11.1. The molecule has 9 nitrogen and oxygen atoms in total. The maximum absolute atomic E-state index is 13.0. The Kier molecular flexibility index (Phi) is 7.39. The van der Waals surface area contributed by atoms with Gasteiger partial charge >= 0.3 is 0 Å². The summed E-state index contributed by atoms with van der Waals surface area (Å²) in [5.74, 6) is -0.394. The second-order valence-electron chi connectivity index (χ2n) is 8.11. The number of sulfonamides is 1. The number of hydrogen-bond acceptors (Lipinski definition) is 5. The Balaban J connectivity index is 1.31. The number of piperazine rings is 1. The van der Waals surface area contributed by atoms with Gasteiger partial charge in [-0.25, -0.2) is 13.4 Å². The fourth-order valence-corrected chi connectivity index (χ4v) is 5.35. The van der Waals surface area contributed by atoms with Crippen LogP contribution in [0.2, 0.25) is 0 Å². The van der Waals surface area contributed by atoms with E-state index in [0.29, 0.717) is 30.9 Å². The van der Waals surface area contributed by atoms with Crippen LogP contribution in [-0.4, -0.2) is 65.2 Å². The van der Waals surface area contributed by atoms with Crippen LogP contribution in [0, 0.1) is 0 Å². The van der Waals surface area contributed by atoms with Crippen LogP contribution < -0.4 is 5.32 Å². The summed E-state index contributed by atoms with van der Waals surface area (Å²) in [4.78, 5) is 30.8. The van der Waals surface area contributed by atoms with Crippen molar-refractivity contribution in [3.05, 3.63) is 84.4 Å². The molecule has 2 heterocycles. The molecule has 0 spiro atoms. The van der Waals surface area contributed by atoms with Gasteiger partial charge in [-0.2, -0.15) is 4.31 Å². The van der Waals surface area contributed by atoms with E-state index >= 15 is 0 Å². The summed E-state index contributed by atoms with van der Waals surface area (Å²) in [6.45, 7) is 1.65. The van der Waals surface area contributed by atoms with Gasteiger partial charge in [0, 0.05) is 62.8 Å². The first kappa shape index (κ1) is 23.7. The number of carbonyl (C=O) groups excluding carboxylic acids is 2. The molecule has 3 aromatic rings. The van der Waals surface area contributed by atoms with Crippen LogP contribution in [0.25, 0.3) is 0 Å². The molecule has 1 N–H and O–H groups in total. The van der Waals surface area contributed by atoms with Gasteiger partial charge in [0.1, 0.15) is 0 Å². The smallest absolute Gasteiger partial charge is 0.254 e. The van der Waals surface area contributed by atoms with Gasteiger partial charge in [0.05, 0.1) is 12.1 Å². The fraction of sp³-hybridized carbons (Fsp3) is 0.292. The Hall–Kier alpha value is -3.50. The Morgan fingerprint density at radius 1 is 0.971 bits per heavy atom. The molecule has 0 bridgehead atoms. The Morgan fingerprint density at radius 2 is 1.74 bits per heavy atom. The summed E-state index contributed by atoms with van der Waals surface area (Å²) < 4.78 is 28.8. The zero-order valence-corrected chi connectivity index (χ0v) is 19.5. The van der Waals surface area contributed by atoms with Crippen molar-refractivity contribution >= 4 is 27.5 Å². The van der Waals surface area contributed by atoms with Crippen molar-refractivity contribution in [3.8, 4) is 0 Å². The molecule has 0 saturated carbocycles. The van der Waals surface area contributed by atoms with Crippen LogP contribution in [-0.2, 0) is 27.1 Å². The minimum Gasteiger partial charge on any atom is -0.337 e. The number of rotatable bonds is 8. The molecule has 178 valence electrons. The van der Waals surface area contributed by atoms with Crippen molar-refractivity contribution < 1.29 is 18.0 Å². The summed E-state index contributed by atoms with van der Waals surface area (Å²) in [6.07, 6.45) is 5.39. The Bertz CT molecular complexity index is 1220. The zero-order chi connectivity index (χ0) is 24.0. The van der Waals surface area contributed by atoms with Crippen molar-refractivity contribution in [1.82, 2.24) is 18.8 Å². The minimum atomic E-state index is -3.45. The highest BCUT2D eigenvalue weighted by atomic mass is 32.2. The third kappa shape index (κ3) is 6.09. The SMILES string of the molecule is O=C(CCn1ccnc1)Nc1cccc(C(=O)N2CCN(S(=O)(=O)Cc3ccccc3)CC2)c1. The number of amides is 2. The predicted molar refractivity (Wildman–Crippen MR) is 128 cm³/mol. The number of hydrogen-bond donors (Lipinski definition) is 1. The van der Waals surface area contributed by atoms with E-state index in [2.05, 4.69) is 10.3 Å². The molecule has 10 heteroatoms. The molecule has 4 rings (SSSR count). The van der Waals surface area contributed by atoms with E-state index in [-0.39, 0.29) is 37.1 Å². The summed E-state index contributed by atoms with van der Waals surface area (Å²) in [5.41, 5.74) is 1.74. The summed E-state index contributed by atoms with van der Waals surface area (Å²) in [5, 5.41) is 2.82. The maximum atomic E-state index is 13.0. The van der Waals surface area contributed by atoms with E-state index in [1.807, 2.05) is 22.8 Å². The average Bonchev–Trinajstić information content (AvgIpc) is 3.37. The lowest BCUT2D eigenvalue weighted by Gasteiger charge is -2.34. The topological polar surface area (TPSA) is 105 Å². The third-order valence-electron chi connectivity index (χ3n) is 5.66. The number of anilines is 1. The highest BCUT2D eigenvalue weighted by Crippen LogP contribution is 2.17. The molecule has 1 aliphatic heterocycles. The van der Waals surface area contributed by atoms with Gasteiger partial charge in [0.2, 0.25) is 15.9 Å². The number of nitrogens with one attached hydrogen (secondary N) is 1. The largest absolute Gasteiger partial charge is 0.337 e. The predicted octanol–water partition coefficient (Wildman–Crippen LogP) is 2.20. The molecule has 2 aromatic carbocycles. The van der Waals surface area contributed by atoms with Crippen molar-refractivity contribution in [2.24, 2.45) is 0 Å². The van der Waals surface area contributed by atoms with Crippen LogP contribution in [0.1, 0.15) is 22.3 Å². The Morgan fingerprint density at radius 3 is 2.44 bits per heavy atom. The number of aromatic nitrogens is 2. The van der Waals surface area contributed by atoms with Crippen LogP contribution in [0.4, 0.5) is 5.69 Å². The molecular weight excluding hydrogens is 454 g/mol. The van der Waals surface area contributed by atoms with E-state index in [1.54, 1.807) is 60.0 Å². The average molecular weight is 482 g/mol. The van der Waals surface area contributed by atoms with Crippen molar-refractivity contribution in [1.29, 1.82) is 0 Å². The molecule has 1 fully saturated rings. The minimum absolute atomic E-state index is 0.0512.